The first-order valence-electron chi connectivity index (χ1n) is 10.7. The SMILES string of the molecule is CN(C(=O)O)C1=N[C@@H]2[C@@H](F)[C@H](OCc3ccccc3)[C@@H](CO[Si](C)(C)C(C)(C)C)O[C@@H]2S1. The molecule has 0 spiro atoms. The van der Waals surface area contributed by atoms with E-state index in [2.05, 4.69) is 38.9 Å². The molecule has 2 aliphatic rings. The van der Waals surface area contributed by atoms with Crippen LogP contribution in [-0.2, 0) is 20.5 Å². The highest BCUT2D eigenvalue weighted by molar-refractivity contribution is 8.14. The lowest BCUT2D eigenvalue weighted by Crippen LogP contribution is -2.56. The molecule has 178 valence electrons. The van der Waals surface area contributed by atoms with E-state index in [1.54, 1.807) is 0 Å². The molecule has 1 saturated heterocycles. The molecule has 3 rings (SSSR count). The fraction of sp³-hybridized carbons (Fsp3) is 0.636. The molecule has 7 nitrogen and oxygen atoms in total. The van der Waals surface area contributed by atoms with Crippen LogP contribution in [0.15, 0.2) is 35.3 Å². The van der Waals surface area contributed by atoms with Crippen LogP contribution in [0.4, 0.5) is 9.18 Å². The van der Waals surface area contributed by atoms with E-state index in [1.807, 2.05) is 30.3 Å². The molecule has 0 aliphatic carbocycles. The van der Waals surface area contributed by atoms with Crippen LogP contribution in [-0.4, -0.2) is 73.1 Å². The maximum atomic E-state index is 15.7. The number of ether oxygens (including phenoxy) is 2. The van der Waals surface area contributed by atoms with Gasteiger partial charge in [0.15, 0.2) is 19.7 Å². The van der Waals surface area contributed by atoms with Crippen molar-refractivity contribution in [2.75, 3.05) is 13.7 Å². The molecule has 1 N–H and O–H groups in total. The van der Waals surface area contributed by atoms with Crippen LogP contribution in [0.1, 0.15) is 26.3 Å². The molecule has 2 heterocycles. The van der Waals surface area contributed by atoms with Gasteiger partial charge in [-0.3, -0.25) is 9.89 Å². The van der Waals surface area contributed by atoms with Crippen LogP contribution in [0.2, 0.25) is 18.1 Å². The van der Waals surface area contributed by atoms with E-state index in [0.717, 1.165) is 22.2 Å². The molecule has 1 fully saturated rings. The van der Waals surface area contributed by atoms with Gasteiger partial charge in [-0.25, -0.2) is 9.18 Å². The zero-order valence-corrected chi connectivity index (χ0v) is 21.3. The van der Waals surface area contributed by atoms with Crippen molar-refractivity contribution in [2.45, 2.75) is 75.4 Å². The highest BCUT2D eigenvalue weighted by Gasteiger charge is 2.52. The van der Waals surface area contributed by atoms with Gasteiger partial charge in [-0.15, -0.1) is 0 Å². The Morgan fingerprint density at radius 3 is 2.56 bits per heavy atom. The lowest BCUT2D eigenvalue weighted by Gasteiger charge is -2.42. The van der Waals surface area contributed by atoms with Crippen molar-refractivity contribution in [3.63, 3.8) is 0 Å². The Labute approximate surface area is 194 Å². The smallest absolute Gasteiger partial charge is 0.413 e. The minimum absolute atomic E-state index is 0.00228. The second-order valence-electron chi connectivity index (χ2n) is 9.68. The summed E-state index contributed by atoms with van der Waals surface area (Å²) in [6, 6.07) is 8.73. The van der Waals surface area contributed by atoms with Gasteiger partial charge in [-0.1, -0.05) is 62.9 Å². The molecule has 2 aliphatic heterocycles. The number of fused-ring (bicyclic) bond motifs is 1. The number of amidine groups is 1. The molecule has 0 saturated carbocycles. The van der Waals surface area contributed by atoms with E-state index in [9.17, 15) is 9.90 Å². The van der Waals surface area contributed by atoms with E-state index in [1.165, 1.54) is 7.05 Å². The number of carbonyl (C=O) groups is 1. The zero-order chi connectivity index (χ0) is 23.7. The standard InChI is InChI=1S/C22H33FN2O5SSi/c1-22(2,3)32(5,6)29-13-15-18(28-12-14-10-8-7-9-11-14)16(23)17-19(30-15)31-20(24-17)25(4)21(26)27/h7-11,15-19H,12-13H2,1-6H3,(H,26,27)/t15-,16-,17-,18-,19-/m1/s1. The number of halogens is 1. The highest BCUT2D eigenvalue weighted by Crippen LogP contribution is 2.41. The number of hydrogen-bond acceptors (Lipinski definition) is 6. The van der Waals surface area contributed by atoms with Crippen LogP contribution in [0, 0.1) is 0 Å². The van der Waals surface area contributed by atoms with Crippen LogP contribution >= 0.6 is 11.8 Å². The molecular formula is C22H33FN2O5SSi. The number of thioether (sulfide) groups is 1. The van der Waals surface area contributed by atoms with Gasteiger partial charge in [0.1, 0.15) is 23.7 Å². The summed E-state index contributed by atoms with van der Waals surface area (Å²) in [6.07, 6.45) is -4.10. The monoisotopic (exact) mass is 484 g/mol. The molecule has 0 unspecified atom stereocenters. The predicted octanol–water partition coefficient (Wildman–Crippen LogP) is 4.74. The minimum atomic E-state index is -2.09. The van der Waals surface area contributed by atoms with Gasteiger partial charge >= 0.3 is 6.09 Å². The molecule has 0 bridgehead atoms. The third kappa shape index (κ3) is 5.53. The molecule has 1 amide bonds. The largest absolute Gasteiger partial charge is 0.465 e. The summed E-state index contributed by atoms with van der Waals surface area (Å²) in [7, 11) is -0.698. The van der Waals surface area contributed by atoms with Crippen LogP contribution in [0.25, 0.3) is 0 Å². The Balaban J connectivity index is 1.78. The van der Waals surface area contributed by atoms with Gasteiger partial charge in [0.25, 0.3) is 0 Å². The normalized spacial score (nSPS) is 28.2. The summed E-state index contributed by atoms with van der Waals surface area (Å²) in [6.45, 7) is 11.2. The first-order valence-corrected chi connectivity index (χ1v) is 14.5. The van der Waals surface area contributed by atoms with Crippen molar-refractivity contribution >= 4 is 31.3 Å². The summed E-state index contributed by atoms with van der Waals surface area (Å²) in [5.74, 6) is 0. The van der Waals surface area contributed by atoms with Crippen molar-refractivity contribution < 1.29 is 28.2 Å². The van der Waals surface area contributed by atoms with E-state index < -0.39 is 44.3 Å². The molecule has 1 aromatic rings. The van der Waals surface area contributed by atoms with Gasteiger partial charge in [0.05, 0.1) is 13.2 Å². The maximum Gasteiger partial charge on any atom is 0.413 e. The van der Waals surface area contributed by atoms with E-state index in [4.69, 9.17) is 13.9 Å². The van der Waals surface area contributed by atoms with Crippen LogP contribution < -0.4 is 0 Å². The molecule has 1 aromatic carbocycles. The van der Waals surface area contributed by atoms with Gasteiger partial charge in [-0.2, -0.15) is 0 Å². The number of rotatable bonds is 6. The number of carboxylic acid groups (broad SMARTS) is 1. The summed E-state index contributed by atoms with van der Waals surface area (Å²) < 4.78 is 34.3. The highest BCUT2D eigenvalue weighted by atomic mass is 32.2. The molecular weight excluding hydrogens is 451 g/mol. The summed E-state index contributed by atoms with van der Waals surface area (Å²) in [5.41, 5.74) is 0.313. The number of alkyl halides is 1. The number of aliphatic imine (C=N–C) groups is 1. The topological polar surface area (TPSA) is 80.6 Å². The Kier molecular flexibility index (Phi) is 7.71. The first kappa shape index (κ1) is 25.2. The number of amides is 1. The minimum Gasteiger partial charge on any atom is -0.465 e. The fourth-order valence-corrected chi connectivity index (χ4v) is 5.41. The summed E-state index contributed by atoms with van der Waals surface area (Å²) >= 11 is 1.13. The van der Waals surface area contributed by atoms with Gasteiger partial charge in [0.2, 0.25) is 0 Å². The third-order valence-electron chi connectivity index (χ3n) is 6.35. The average Bonchev–Trinajstić information content (AvgIpc) is 3.15. The maximum absolute atomic E-state index is 15.7. The lowest BCUT2D eigenvalue weighted by molar-refractivity contribution is -0.169. The Bertz CT molecular complexity index is 835. The van der Waals surface area contributed by atoms with E-state index in [-0.39, 0.29) is 23.4 Å². The van der Waals surface area contributed by atoms with Crippen molar-refractivity contribution in [3.8, 4) is 0 Å². The van der Waals surface area contributed by atoms with Gasteiger partial charge in [-0.05, 0) is 23.7 Å². The second kappa shape index (κ2) is 9.80. The summed E-state index contributed by atoms with van der Waals surface area (Å²) in [4.78, 5) is 16.6. The van der Waals surface area contributed by atoms with Crippen LogP contribution in [0.5, 0.6) is 0 Å². The van der Waals surface area contributed by atoms with Gasteiger partial charge < -0.3 is 19.0 Å². The first-order chi connectivity index (χ1) is 14.9. The lowest BCUT2D eigenvalue weighted by atomic mass is 9.99. The predicted molar refractivity (Wildman–Crippen MR) is 126 cm³/mol. The number of benzene rings is 1. The Morgan fingerprint density at radius 1 is 1.31 bits per heavy atom. The average molecular weight is 485 g/mol. The van der Waals surface area contributed by atoms with Crippen molar-refractivity contribution in [3.05, 3.63) is 35.9 Å². The number of nitrogens with zero attached hydrogens (tertiary/aromatic N) is 2. The molecule has 5 atom stereocenters. The number of hydrogen-bond donors (Lipinski definition) is 1. The zero-order valence-electron chi connectivity index (χ0n) is 19.4. The Hall–Kier alpha value is -1.46. The van der Waals surface area contributed by atoms with E-state index >= 15 is 4.39 Å². The molecule has 0 radical (unpaired) electrons. The second-order valence-corrected chi connectivity index (χ2v) is 15.6. The fourth-order valence-electron chi connectivity index (χ4n) is 3.23. The third-order valence-corrected chi connectivity index (χ3v) is 12.1. The molecule has 10 heteroatoms. The quantitative estimate of drug-likeness (QED) is 0.588. The Morgan fingerprint density at radius 2 is 1.97 bits per heavy atom. The molecule has 32 heavy (non-hydrogen) atoms. The summed E-state index contributed by atoms with van der Waals surface area (Å²) in [5, 5.41) is 9.49. The molecule has 0 aromatic heterocycles. The van der Waals surface area contributed by atoms with Crippen molar-refractivity contribution in [2.24, 2.45) is 4.99 Å². The van der Waals surface area contributed by atoms with Crippen LogP contribution in [0.3, 0.4) is 0 Å². The van der Waals surface area contributed by atoms with Crippen molar-refractivity contribution in [1.29, 1.82) is 0 Å². The van der Waals surface area contributed by atoms with E-state index in [0.29, 0.717) is 0 Å². The van der Waals surface area contributed by atoms with Crippen molar-refractivity contribution in [1.82, 2.24) is 4.90 Å². The van der Waals surface area contributed by atoms with Gasteiger partial charge in [0, 0.05) is 7.05 Å².